The van der Waals surface area contributed by atoms with Crippen LogP contribution in [0.3, 0.4) is 0 Å². The van der Waals surface area contributed by atoms with Gasteiger partial charge in [-0.05, 0) is 11.6 Å². The zero-order valence-corrected chi connectivity index (χ0v) is 11.9. The molecule has 1 N–H and O–H groups in total. The van der Waals surface area contributed by atoms with Gasteiger partial charge in [0.25, 0.3) is 10.0 Å². The summed E-state index contributed by atoms with van der Waals surface area (Å²) in [5, 5.41) is 9.60. The highest BCUT2D eigenvalue weighted by Gasteiger charge is 2.38. The van der Waals surface area contributed by atoms with E-state index in [-0.39, 0.29) is 11.5 Å². The van der Waals surface area contributed by atoms with E-state index >= 15 is 0 Å². The first-order valence-electron chi connectivity index (χ1n) is 5.46. The number of aliphatic hydroxyl groups excluding tert-OH is 1. The van der Waals surface area contributed by atoms with Gasteiger partial charge in [0.2, 0.25) is 0 Å². The van der Waals surface area contributed by atoms with Crippen LogP contribution in [0.25, 0.3) is 0 Å². The summed E-state index contributed by atoms with van der Waals surface area (Å²) in [6, 6.07) is 3.11. The lowest BCUT2D eigenvalue weighted by Gasteiger charge is -2.19. The largest absolute Gasteiger partial charge is 0.392 e. The van der Waals surface area contributed by atoms with Gasteiger partial charge in [-0.25, -0.2) is 0 Å². The molecule has 0 radical (unpaired) electrons. The van der Waals surface area contributed by atoms with E-state index in [1.54, 1.807) is 6.07 Å². The lowest BCUT2D eigenvalue weighted by Crippen LogP contribution is -2.20. The van der Waals surface area contributed by atoms with Gasteiger partial charge in [-0.1, -0.05) is 38.4 Å². The quantitative estimate of drug-likeness (QED) is 0.862. The van der Waals surface area contributed by atoms with Crippen LogP contribution >= 0.6 is 11.6 Å². The summed E-state index contributed by atoms with van der Waals surface area (Å²) >= 11 is 6.10. The number of aliphatic hydroxyl groups is 1. The molecule has 1 aromatic carbocycles. The predicted molar refractivity (Wildman–Crippen MR) is 70.6 cm³/mol. The third-order valence-corrected chi connectivity index (χ3v) is 4.50. The Morgan fingerprint density at radius 2 is 1.94 bits per heavy atom. The Balaban J connectivity index is 2.87. The van der Waals surface area contributed by atoms with Crippen molar-refractivity contribution in [2.24, 2.45) is 9.81 Å². The van der Waals surface area contributed by atoms with Crippen LogP contribution in [-0.2, 0) is 16.6 Å². The maximum Gasteiger partial charge on any atom is 0.283 e. The second kappa shape index (κ2) is 4.05. The van der Waals surface area contributed by atoms with Crippen molar-refractivity contribution < 1.29 is 13.5 Å². The van der Waals surface area contributed by atoms with Crippen LogP contribution in [0.5, 0.6) is 0 Å². The molecule has 0 spiro atoms. The molecule has 4 nitrogen and oxygen atoms in total. The van der Waals surface area contributed by atoms with E-state index in [0.29, 0.717) is 21.9 Å². The van der Waals surface area contributed by atoms with Gasteiger partial charge in [-0.2, -0.15) is 12.8 Å². The minimum atomic E-state index is -3.76. The monoisotopic (exact) mass is 287 g/mol. The molecule has 1 aliphatic heterocycles. The molecule has 0 fully saturated rings. The molecule has 1 heterocycles. The average molecular weight is 288 g/mol. The third-order valence-electron chi connectivity index (χ3n) is 2.78. The van der Waals surface area contributed by atoms with Gasteiger partial charge < -0.3 is 5.11 Å². The van der Waals surface area contributed by atoms with E-state index in [1.807, 2.05) is 20.8 Å². The zero-order valence-electron chi connectivity index (χ0n) is 10.4. The van der Waals surface area contributed by atoms with E-state index in [0.717, 1.165) is 0 Å². The minimum Gasteiger partial charge on any atom is -0.392 e. The fourth-order valence-corrected chi connectivity index (χ4v) is 3.89. The predicted octanol–water partition coefficient (Wildman–Crippen LogP) is 2.37. The first-order valence-corrected chi connectivity index (χ1v) is 7.28. The van der Waals surface area contributed by atoms with Crippen molar-refractivity contribution in [3.63, 3.8) is 0 Å². The highest BCUT2D eigenvalue weighted by Crippen LogP contribution is 2.39. The zero-order chi connectivity index (χ0) is 13.7. The molecule has 0 unspecified atom stereocenters. The molecule has 0 amide bonds. The molecule has 0 aliphatic carbocycles. The Morgan fingerprint density at radius 3 is 2.44 bits per heavy atom. The number of rotatable bonds is 1. The SMILES string of the molecule is CC(C)(C)C1=NS(=O)(=O)c2c(CO)ccc(Cl)c21. The van der Waals surface area contributed by atoms with Gasteiger partial charge in [0.1, 0.15) is 4.90 Å². The average Bonchev–Trinajstić information content (AvgIpc) is 2.53. The molecular formula is C12H14ClNO3S. The number of hydrogen-bond acceptors (Lipinski definition) is 3. The van der Waals surface area contributed by atoms with Crippen molar-refractivity contribution >= 4 is 27.3 Å². The van der Waals surface area contributed by atoms with Gasteiger partial charge >= 0.3 is 0 Å². The van der Waals surface area contributed by atoms with Gasteiger partial charge in [0.15, 0.2) is 0 Å². The molecule has 0 saturated carbocycles. The van der Waals surface area contributed by atoms with E-state index in [4.69, 9.17) is 11.6 Å². The van der Waals surface area contributed by atoms with E-state index < -0.39 is 15.4 Å². The van der Waals surface area contributed by atoms with Crippen LogP contribution in [0.2, 0.25) is 5.02 Å². The summed E-state index contributed by atoms with van der Waals surface area (Å²) in [7, 11) is -3.76. The number of halogens is 1. The molecule has 0 atom stereocenters. The summed E-state index contributed by atoms with van der Waals surface area (Å²) in [5.74, 6) is 0. The molecule has 1 aromatic rings. The lowest BCUT2D eigenvalue weighted by atomic mass is 9.85. The summed E-state index contributed by atoms with van der Waals surface area (Å²) < 4.78 is 28.0. The first kappa shape index (κ1) is 13.5. The molecule has 18 heavy (non-hydrogen) atoms. The first-order chi connectivity index (χ1) is 8.18. The van der Waals surface area contributed by atoms with Crippen LogP contribution in [0.4, 0.5) is 0 Å². The molecular weight excluding hydrogens is 274 g/mol. The van der Waals surface area contributed by atoms with Crippen LogP contribution in [0, 0.1) is 5.41 Å². The molecule has 98 valence electrons. The van der Waals surface area contributed by atoms with Gasteiger partial charge in [-0.3, -0.25) is 0 Å². The Bertz CT molecular complexity index is 642. The fraction of sp³-hybridized carbons (Fsp3) is 0.417. The van der Waals surface area contributed by atoms with Crippen molar-refractivity contribution in [2.45, 2.75) is 32.3 Å². The molecule has 2 rings (SSSR count). The molecule has 6 heteroatoms. The van der Waals surface area contributed by atoms with Crippen LogP contribution in [0.1, 0.15) is 31.9 Å². The Kier molecular flexibility index (Phi) is 3.04. The summed E-state index contributed by atoms with van der Waals surface area (Å²) in [6.45, 7) is 5.26. The van der Waals surface area contributed by atoms with E-state index in [1.165, 1.54) is 6.07 Å². The molecule has 0 aromatic heterocycles. The number of fused-ring (bicyclic) bond motifs is 1. The Labute approximate surface area is 111 Å². The van der Waals surface area contributed by atoms with E-state index in [9.17, 15) is 13.5 Å². The lowest BCUT2D eigenvalue weighted by molar-refractivity contribution is 0.278. The molecule has 0 saturated heterocycles. The van der Waals surface area contributed by atoms with E-state index in [2.05, 4.69) is 4.40 Å². The van der Waals surface area contributed by atoms with Crippen LogP contribution in [-0.4, -0.2) is 19.2 Å². The maximum atomic E-state index is 12.1. The number of sulfonamides is 1. The third kappa shape index (κ3) is 1.96. The number of hydrogen-bond donors (Lipinski definition) is 1. The summed E-state index contributed by atoms with van der Waals surface area (Å²) in [4.78, 5) is 0.0439. The van der Waals surface area contributed by atoms with Crippen molar-refractivity contribution in [2.75, 3.05) is 0 Å². The number of benzene rings is 1. The van der Waals surface area contributed by atoms with Gasteiger partial charge in [0.05, 0.1) is 17.3 Å². The topological polar surface area (TPSA) is 66.7 Å². The Morgan fingerprint density at radius 1 is 1.33 bits per heavy atom. The van der Waals surface area contributed by atoms with Gasteiger partial charge in [-0.15, -0.1) is 0 Å². The summed E-state index contributed by atoms with van der Waals surface area (Å²) in [5.41, 5.74) is 0.765. The van der Waals surface area contributed by atoms with Gasteiger partial charge in [0, 0.05) is 11.0 Å². The second-order valence-corrected chi connectivity index (χ2v) is 7.18. The summed E-state index contributed by atoms with van der Waals surface area (Å²) in [6.07, 6.45) is 0. The molecule has 0 bridgehead atoms. The van der Waals surface area contributed by atoms with Crippen molar-refractivity contribution in [3.8, 4) is 0 Å². The second-order valence-electron chi connectivity index (χ2n) is 5.23. The number of nitrogens with zero attached hydrogens (tertiary/aromatic N) is 1. The smallest absolute Gasteiger partial charge is 0.283 e. The normalized spacial score (nSPS) is 17.5. The highest BCUT2D eigenvalue weighted by molar-refractivity contribution is 7.90. The maximum absolute atomic E-state index is 12.1. The Hall–Kier alpha value is -0.910. The minimum absolute atomic E-state index is 0.0439. The standard InChI is InChI=1S/C12H14ClNO3S/c1-12(2,3)11-9-8(13)5-4-7(6-15)10(9)18(16,17)14-11/h4-5,15H,6H2,1-3H3. The van der Waals surface area contributed by atoms with Crippen molar-refractivity contribution in [1.82, 2.24) is 0 Å². The van der Waals surface area contributed by atoms with Crippen molar-refractivity contribution in [3.05, 3.63) is 28.3 Å². The van der Waals surface area contributed by atoms with Crippen LogP contribution in [0.15, 0.2) is 21.4 Å². The van der Waals surface area contributed by atoms with Crippen molar-refractivity contribution in [1.29, 1.82) is 0 Å². The van der Waals surface area contributed by atoms with Crippen LogP contribution < -0.4 is 0 Å². The fourth-order valence-electron chi connectivity index (χ4n) is 1.96. The molecule has 1 aliphatic rings. The highest BCUT2D eigenvalue weighted by atomic mass is 35.5.